The van der Waals surface area contributed by atoms with Gasteiger partial charge in [0.25, 0.3) is 11.6 Å². The lowest BCUT2D eigenvalue weighted by atomic mass is 10.2. The molecule has 8 nitrogen and oxygen atoms in total. The number of hydrogen-bond acceptors (Lipinski definition) is 6. The van der Waals surface area contributed by atoms with Crippen molar-refractivity contribution in [2.24, 2.45) is 5.10 Å². The number of methoxy groups -OCH3 is 1. The van der Waals surface area contributed by atoms with Gasteiger partial charge in [-0.15, -0.1) is 0 Å². The fraction of sp³-hybridized carbons (Fsp3) is 0.125. The molecule has 8 heteroatoms. The van der Waals surface area contributed by atoms with Gasteiger partial charge in [-0.25, -0.2) is 5.43 Å². The van der Waals surface area contributed by atoms with E-state index in [1.807, 2.05) is 0 Å². The number of carbonyl (C=O) groups excluding carboxylic acids is 1. The summed E-state index contributed by atoms with van der Waals surface area (Å²) in [5.41, 5.74) is 2.73. The highest BCUT2D eigenvalue weighted by atomic mass is 16.6. The van der Waals surface area contributed by atoms with E-state index in [-0.39, 0.29) is 12.3 Å². The van der Waals surface area contributed by atoms with Crippen LogP contribution in [0.1, 0.15) is 5.56 Å². The third-order valence-electron chi connectivity index (χ3n) is 2.90. The van der Waals surface area contributed by atoms with E-state index in [0.717, 1.165) is 0 Å². The molecule has 124 valence electrons. The Morgan fingerprint density at radius 1 is 1.25 bits per heavy atom. The largest absolute Gasteiger partial charge is 0.497 e. The molecule has 0 fully saturated rings. The van der Waals surface area contributed by atoms with Crippen molar-refractivity contribution in [2.45, 2.75) is 0 Å². The van der Waals surface area contributed by atoms with Crippen LogP contribution < -0.4 is 14.9 Å². The summed E-state index contributed by atoms with van der Waals surface area (Å²) in [6.07, 6.45) is 1.32. The molecule has 1 amide bonds. The van der Waals surface area contributed by atoms with Gasteiger partial charge >= 0.3 is 0 Å². The van der Waals surface area contributed by atoms with E-state index in [1.165, 1.54) is 31.5 Å². The van der Waals surface area contributed by atoms with Crippen molar-refractivity contribution < 1.29 is 19.2 Å². The number of nitro benzene ring substituents is 1. The first kappa shape index (κ1) is 16.9. The van der Waals surface area contributed by atoms with Crippen molar-refractivity contribution in [3.63, 3.8) is 0 Å². The SMILES string of the molecule is COc1cccc(OCC(=O)N/N=C\c2cccc([N+](=O)[O-])c2)c1. The molecule has 0 saturated heterocycles. The first-order valence-electron chi connectivity index (χ1n) is 6.91. The van der Waals surface area contributed by atoms with Crippen LogP contribution in [-0.2, 0) is 4.79 Å². The van der Waals surface area contributed by atoms with Gasteiger partial charge in [-0.3, -0.25) is 14.9 Å². The van der Waals surface area contributed by atoms with Gasteiger partial charge in [-0.2, -0.15) is 5.10 Å². The van der Waals surface area contributed by atoms with Crippen LogP contribution in [0.4, 0.5) is 5.69 Å². The molecule has 1 N–H and O–H groups in total. The van der Waals surface area contributed by atoms with Gasteiger partial charge in [0.2, 0.25) is 0 Å². The zero-order chi connectivity index (χ0) is 17.4. The minimum atomic E-state index is -0.502. The molecule has 0 aliphatic heterocycles. The fourth-order valence-electron chi connectivity index (χ4n) is 1.77. The van der Waals surface area contributed by atoms with Crippen molar-refractivity contribution in [2.75, 3.05) is 13.7 Å². The first-order valence-corrected chi connectivity index (χ1v) is 6.91. The van der Waals surface area contributed by atoms with Crippen molar-refractivity contribution in [1.82, 2.24) is 5.43 Å². The van der Waals surface area contributed by atoms with E-state index in [1.54, 1.807) is 30.3 Å². The molecule has 0 saturated carbocycles. The van der Waals surface area contributed by atoms with Crippen molar-refractivity contribution >= 4 is 17.8 Å². The van der Waals surface area contributed by atoms with E-state index >= 15 is 0 Å². The summed E-state index contributed by atoms with van der Waals surface area (Å²) in [5.74, 6) is 0.656. The highest BCUT2D eigenvalue weighted by Gasteiger charge is 2.05. The standard InChI is InChI=1S/C16H15N3O5/c1-23-14-6-3-7-15(9-14)24-11-16(20)18-17-10-12-4-2-5-13(8-12)19(21)22/h2-10H,11H2,1H3,(H,18,20)/b17-10-. The van der Waals surface area contributed by atoms with E-state index in [2.05, 4.69) is 10.5 Å². The maximum atomic E-state index is 11.6. The van der Waals surface area contributed by atoms with Gasteiger partial charge < -0.3 is 9.47 Å². The maximum Gasteiger partial charge on any atom is 0.277 e. The Bertz CT molecular complexity index is 761. The number of ether oxygens (including phenoxy) is 2. The van der Waals surface area contributed by atoms with Gasteiger partial charge in [-0.1, -0.05) is 18.2 Å². The molecular weight excluding hydrogens is 314 g/mol. The van der Waals surface area contributed by atoms with Crippen LogP contribution in [0.5, 0.6) is 11.5 Å². The number of amides is 1. The maximum absolute atomic E-state index is 11.6. The number of non-ortho nitro benzene ring substituents is 1. The molecule has 0 aromatic heterocycles. The highest BCUT2D eigenvalue weighted by molar-refractivity contribution is 5.83. The second-order valence-electron chi connectivity index (χ2n) is 4.61. The van der Waals surface area contributed by atoms with Crippen LogP contribution in [0.25, 0.3) is 0 Å². The Hall–Kier alpha value is -3.42. The lowest BCUT2D eigenvalue weighted by molar-refractivity contribution is -0.384. The normalized spacial score (nSPS) is 10.4. The molecule has 24 heavy (non-hydrogen) atoms. The summed E-state index contributed by atoms with van der Waals surface area (Å²) in [7, 11) is 1.54. The number of carbonyl (C=O) groups is 1. The Labute approximate surface area is 137 Å². The number of hydrazone groups is 1. The summed E-state index contributed by atoms with van der Waals surface area (Å²) in [6.45, 7) is -0.223. The van der Waals surface area contributed by atoms with Crippen molar-refractivity contribution in [1.29, 1.82) is 0 Å². The van der Waals surface area contributed by atoms with Crippen LogP contribution in [0.15, 0.2) is 53.6 Å². The molecular formula is C16H15N3O5. The van der Waals surface area contributed by atoms with Crippen LogP contribution in [0, 0.1) is 10.1 Å². The van der Waals surface area contributed by atoms with Crippen LogP contribution >= 0.6 is 0 Å². The van der Waals surface area contributed by atoms with Crippen LogP contribution in [0.2, 0.25) is 0 Å². The monoisotopic (exact) mass is 329 g/mol. The summed E-state index contributed by atoms with van der Waals surface area (Å²) in [5, 5.41) is 14.4. The van der Waals surface area contributed by atoms with Crippen molar-refractivity contribution in [3.05, 3.63) is 64.2 Å². The predicted molar refractivity (Wildman–Crippen MR) is 87.3 cm³/mol. The fourth-order valence-corrected chi connectivity index (χ4v) is 1.77. The molecule has 0 atom stereocenters. The van der Waals surface area contributed by atoms with E-state index in [0.29, 0.717) is 17.1 Å². The molecule has 2 aromatic rings. The molecule has 0 radical (unpaired) electrons. The van der Waals surface area contributed by atoms with Gasteiger partial charge in [-0.05, 0) is 12.1 Å². The molecule has 2 aromatic carbocycles. The summed E-state index contributed by atoms with van der Waals surface area (Å²) in [4.78, 5) is 21.8. The molecule has 0 heterocycles. The van der Waals surface area contributed by atoms with Gasteiger partial charge in [0.1, 0.15) is 11.5 Å². The van der Waals surface area contributed by atoms with Crippen molar-refractivity contribution in [3.8, 4) is 11.5 Å². The van der Waals surface area contributed by atoms with Gasteiger partial charge in [0, 0.05) is 23.8 Å². The number of nitrogens with one attached hydrogen (secondary N) is 1. The average Bonchev–Trinajstić information content (AvgIpc) is 2.60. The number of hydrogen-bond donors (Lipinski definition) is 1. The molecule has 0 unspecified atom stereocenters. The Balaban J connectivity index is 1.84. The van der Waals surface area contributed by atoms with E-state index < -0.39 is 10.8 Å². The first-order chi connectivity index (χ1) is 11.6. The zero-order valence-corrected chi connectivity index (χ0v) is 12.8. The lowest BCUT2D eigenvalue weighted by Crippen LogP contribution is -2.24. The quantitative estimate of drug-likeness (QED) is 0.476. The third-order valence-corrected chi connectivity index (χ3v) is 2.90. The van der Waals surface area contributed by atoms with E-state index in [4.69, 9.17) is 9.47 Å². The number of nitro groups is 1. The summed E-state index contributed by atoms with van der Waals surface area (Å²) < 4.78 is 10.4. The van der Waals surface area contributed by atoms with Gasteiger partial charge in [0.15, 0.2) is 6.61 Å². The Kier molecular flexibility index (Phi) is 5.84. The Morgan fingerprint density at radius 3 is 2.75 bits per heavy atom. The Morgan fingerprint density at radius 2 is 2.00 bits per heavy atom. The molecule has 0 bridgehead atoms. The second kappa shape index (κ2) is 8.28. The lowest BCUT2D eigenvalue weighted by Gasteiger charge is -2.06. The number of benzene rings is 2. The van der Waals surface area contributed by atoms with Gasteiger partial charge in [0.05, 0.1) is 18.2 Å². The molecule has 2 rings (SSSR count). The molecule has 0 aliphatic carbocycles. The minimum absolute atomic E-state index is 0.0494. The minimum Gasteiger partial charge on any atom is -0.497 e. The highest BCUT2D eigenvalue weighted by Crippen LogP contribution is 2.18. The topological polar surface area (TPSA) is 103 Å². The van der Waals surface area contributed by atoms with Crippen LogP contribution in [-0.4, -0.2) is 30.8 Å². The zero-order valence-electron chi connectivity index (χ0n) is 12.8. The molecule has 0 aliphatic rings. The second-order valence-corrected chi connectivity index (χ2v) is 4.61. The summed E-state index contributed by atoms with van der Waals surface area (Å²) >= 11 is 0. The van der Waals surface area contributed by atoms with Crippen LogP contribution in [0.3, 0.4) is 0 Å². The average molecular weight is 329 g/mol. The number of nitrogens with zero attached hydrogens (tertiary/aromatic N) is 2. The third kappa shape index (κ3) is 5.09. The number of rotatable bonds is 7. The summed E-state index contributed by atoms with van der Waals surface area (Å²) in [6, 6.07) is 12.7. The molecule has 0 spiro atoms. The smallest absolute Gasteiger partial charge is 0.277 e. The predicted octanol–water partition coefficient (Wildman–Crippen LogP) is 2.13. The van der Waals surface area contributed by atoms with E-state index in [9.17, 15) is 14.9 Å².